The van der Waals surface area contributed by atoms with E-state index < -0.39 is 16.9 Å². The largest absolute Gasteiger partial charge is 0.490 e. The highest BCUT2D eigenvalue weighted by molar-refractivity contribution is 7.07. The van der Waals surface area contributed by atoms with Gasteiger partial charge in [-0.15, -0.1) is 0 Å². The number of allylic oxidation sites excluding steroid dienone is 1. The first-order valence-corrected chi connectivity index (χ1v) is 14.5. The molecule has 0 spiro atoms. The van der Waals surface area contributed by atoms with Crippen molar-refractivity contribution in [2.24, 2.45) is 4.99 Å². The predicted molar refractivity (Wildman–Crippen MR) is 160 cm³/mol. The number of fused-ring (bicyclic) bond motifs is 1. The standard InChI is InChI=1S/C31H29N3O8S/c1-5-39-24-14-10-20(16-25(24)40-6-2)28-27(30(36)41-7-3)18(4)32-31-33(28)29(35)26(43-31)17-22-13-15-23(42-22)19-8-11-21(12-9-19)34(37)38/h8-17,28H,5-7H2,1-4H3/b26-17-/t28-/m1/s1. The fourth-order valence-electron chi connectivity index (χ4n) is 4.81. The number of hydrogen-bond acceptors (Lipinski definition) is 10. The highest BCUT2D eigenvalue weighted by atomic mass is 32.1. The van der Waals surface area contributed by atoms with E-state index in [1.165, 1.54) is 28.0 Å². The Labute approximate surface area is 250 Å². The van der Waals surface area contributed by atoms with E-state index in [1.54, 1.807) is 62.4 Å². The van der Waals surface area contributed by atoms with Gasteiger partial charge in [-0.25, -0.2) is 9.79 Å². The third-order valence-electron chi connectivity index (χ3n) is 6.66. The number of carbonyl (C=O) groups is 1. The molecule has 0 radical (unpaired) electrons. The molecule has 12 heteroatoms. The van der Waals surface area contributed by atoms with Crippen LogP contribution in [0.25, 0.3) is 17.4 Å². The van der Waals surface area contributed by atoms with Crippen LogP contribution in [0.3, 0.4) is 0 Å². The van der Waals surface area contributed by atoms with Gasteiger partial charge in [-0.2, -0.15) is 0 Å². The van der Waals surface area contributed by atoms with Crippen molar-refractivity contribution in [3.05, 3.63) is 107 Å². The summed E-state index contributed by atoms with van der Waals surface area (Å²) in [5.74, 6) is 1.40. The zero-order chi connectivity index (χ0) is 30.7. The minimum atomic E-state index is -0.820. The smallest absolute Gasteiger partial charge is 0.338 e. The van der Waals surface area contributed by atoms with Crippen LogP contribution in [0.15, 0.2) is 80.1 Å². The van der Waals surface area contributed by atoms with Gasteiger partial charge in [0.1, 0.15) is 11.5 Å². The molecule has 4 aromatic rings. The molecule has 0 fully saturated rings. The maximum Gasteiger partial charge on any atom is 0.338 e. The minimum absolute atomic E-state index is 0.0235. The molecule has 0 unspecified atom stereocenters. The Hall–Kier alpha value is -4.97. The number of benzene rings is 2. The van der Waals surface area contributed by atoms with Gasteiger partial charge in [0.05, 0.1) is 46.6 Å². The van der Waals surface area contributed by atoms with Crippen LogP contribution in [0.2, 0.25) is 0 Å². The molecule has 0 N–H and O–H groups in total. The Kier molecular flexibility index (Phi) is 8.58. The number of ether oxygens (including phenoxy) is 3. The van der Waals surface area contributed by atoms with Gasteiger partial charge in [0, 0.05) is 23.8 Å². The van der Waals surface area contributed by atoms with Crippen LogP contribution in [-0.4, -0.2) is 35.3 Å². The van der Waals surface area contributed by atoms with E-state index in [9.17, 15) is 19.7 Å². The highest BCUT2D eigenvalue weighted by Gasteiger charge is 2.34. The van der Waals surface area contributed by atoms with E-state index >= 15 is 0 Å². The van der Waals surface area contributed by atoms with E-state index in [0.29, 0.717) is 62.4 Å². The minimum Gasteiger partial charge on any atom is -0.490 e. The van der Waals surface area contributed by atoms with Gasteiger partial charge in [-0.3, -0.25) is 19.5 Å². The van der Waals surface area contributed by atoms with Crippen LogP contribution >= 0.6 is 11.3 Å². The molecule has 5 rings (SSSR count). The molecule has 0 aliphatic carbocycles. The van der Waals surface area contributed by atoms with Crippen LogP contribution in [0.5, 0.6) is 11.5 Å². The summed E-state index contributed by atoms with van der Waals surface area (Å²) in [6.07, 6.45) is 1.61. The Balaban J connectivity index is 1.61. The van der Waals surface area contributed by atoms with E-state index in [-0.39, 0.29) is 23.4 Å². The van der Waals surface area contributed by atoms with E-state index in [0.717, 1.165) is 0 Å². The van der Waals surface area contributed by atoms with Crippen molar-refractivity contribution < 1.29 is 28.3 Å². The van der Waals surface area contributed by atoms with Gasteiger partial charge in [-0.1, -0.05) is 17.4 Å². The Bertz CT molecular complexity index is 1900. The molecule has 0 saturated carbocycles. The van der Waals surface area contributed by atoms with E-state index in [2.05, 4.69) is 4.99 Å². The molecule has 0 amide bonds. The van der Waals surface area contributed by atoms with Crippen molar-refractivity contribution in [3.63, 3.8) is 0 Å². The molecule has 2 aromatic heterocycles. The van der Waals surface area contributed by atoms with Crippen molar-refractivity contribution in [1.82, 2.24) is 4.57 Å². The van der Waals surface area contributed by atoms with Crippen molar-refractivity contribution in [1.29, 1.82) is 0 Å². The number of rotatable bonds is 10. The van der Waals surface area contributed by atoms with Gasteiger partial charge >= 0.3 is 5.97 Å². The zero-order valence-electron chi connectivity index (χ0n) is 24.0. The monoisotopic (exact) mass is 603 g/mol. The lowest BCUT2D eigenvalue weighted by atomic mass is 9.95. The highest BCUT2D eigenvalue weighted by Crippen LogP contribution is 2.36. The summed E-state index contributed by atoms with van der Waals surface area (Å²) >= 11 is 1.17. The second-order valence-corrected chi connectivity index (χ2v) is 10.4. The topological polar surface area (TPSA) is 135 Å². The number of esters is 1. The Morgan fingerprint density at radius 3 is 2.44 bits per heavy atom. The number of non-ortho nitro benzene ring substituents is 1. The quantitative estimate of drug-likeness (QED) is 0.144. The number of hydrogen-bond donors (Lipinski definition) is 0. The second-order valence-electron chi connectivity index (χ2n) is 9.38. The molecular weight excluding hydrogens is 574 g/mol. The van der Waals surface area contributed by atoms with Crippen LogP contribution < -0.4 is 24.4 Å². The molecule has 222 valence electrons. The summed E-state index contributed by atoms with van der Waals surface area (Å²) in [5, 5.41) is 11.0. The van der Waals surface area contributed by atoms with Crippen LogP contribution in [0.4, 0.5) is 5.69 Å². The summed E-state index contributed by atoms with van der Waals surface area (Å²) < 4.78 is 24.7. The number of furan rings is 1. The molecule has 2 aromatic carbocycles. The molecule has 43 heavy (non-hydrogen) atoms. The van der Waals surface area contributed by atoms with Gasteiger partial charge in [0.15, 0.2) is 16.3 Å². The number of nitrogens with zero attached hydrogens (tertiary/aromatic N) is 3. The third kappa shape index (κ3) is 5.86. The lowest BCUT2D eigenvalue weighted by molar-refractivity contribution is -0.384. The molecule has 0 saturated heterocycles. The first-order chi connectivity index (χ1) is 20.7. The van der Waals surface area contributed by atoms with Gasteiger partial charge in [-0.05, 0) is 69.7 Å². The van der Waals surface area contributed by atoms with Crippen molar-refractivity contribution in [2.75, 3.05) is 19.8 Å². The van der Waals surface area contributed by atoms with Gasteiger partial charge in [0.25, 0.3) is 11.2 Å². The average Bonchev–Trinajstić information content (AvgIpc) is 3.57. The average molecular weight is 604 g/mol. The maximum atomic E-state index is 13.9. The molecule has 1 atom stereocenters. The molecule has 3 heterocycles. The summed E-state index contributed by atoms with van der Waals surface area (Å²) in [6, 6.07) is 14.0. The molecule has 11 nitrogen and oxygen atoms in total. The number of nitro benzene ring substituents is 1. The maximum absolute atomic E-state index is 13.9. The number of carbonyl (C=O) groups excluding carboxylic acids is 1. The number of nitro groups is 1. The normalized spacial score (nSPS) is 14.7. The summed E-state index contributed by atoms with van der Waals surface area (Å²) in [7, 11) is 0. The summed E-state index contributed by atoms with van der Waals surface area (Å²) in [4.78, 5) is 42.7. The van der Waals surface area contributed by atoms with Gasteiger partial charge < -0.3 is 18.6 Å². The van der Waals surface area contributed by atoms with Crippen molar-refractivity contribution >= 4 is 29.1 Å². The van der Waals surface area contributed by atoms with Crippen molar-refractivity contribution in [2.45, 2.75) is 33.7 Å². The lowest BCUT2D eigenvalue weighted by Gasteiger charge is -2.25. The molecular formula is C31H29N3O8S. The van der Waals surface area contributed by atoms with Crippen LogP contribution in [-0.2, 0) is 9.53 Å². The van der Waals surface area contributed by atoms with E-state index in [1.807, 2.05) is 13.8 Å². The summed E-state index contributed by atoms with van der Waals surface area (Å²) in [5.41, 5.74) is 1.61. The van der Waals surface area contributed by atoms with Crippen LogP contribution in [0, 0.1) is 10.1 Å². The first-order valence-electron chi connectivity index (χ1n) is 13.7. The first kappa shape index (κ1) is 29.5. The van der Waals surface area contributed by atoms with Crippen LogP contribution in [0.1, 0.15) is 45.1 Å². The third-order valence-corrected chi connectivity index (χ3v) is 7.65. The fourth-order valence-corrected chi connectivity index (χ4v) is 5.83. The fraction of sp³-hybridized carbons (Fsp3) is 0.258. The summed E-state index contributed by atoms with van der Waals surface area (Å²) in [6.45, 7) is 8.18. The second kappa shape index (κ2) is 12.5. The SMILES string of the molecule is CCOC(=O)C1=C(C)N=c2s/c(=C\c3ccc(-c4ccc([N+](=O)[O-])cc4)o3)c(=O)n2[C@@H]1c1ccc(OCC)c(OCC)c1. The zero-order valence-corrected chi connectivity index (χ0v) is 24.8. The van der Waals surface area contributed by atoms with E-state index in [4.69, 9.17) is 18.6 Å². The number of thiazole rings is 1. The van der Waals surface area contributed by atoms with Crippen molar-refractivity contribution in [3.8, 4) is 22.8 Å². The predicted octanol–water partition coefficient (Wildman–Crippen LogP) is 4.76. The molecule has 0 bridgehead atoms. The lowest BCUT2D eigenvalue weighted by Crippen LogP contribution is -2.40. The molecule has 1 aliphatic heterocycles. The Morgan fingerprint density at radius 1 is 1.05 bits per heavy atom. The molecule has 1 aliphatic rings. The Morgan fingerprint density at radius 2 is 1.77 bits per heavy atom. The van der Waals surface area contributed by atoms with Gasteiger partial charge in [0.2, 0.25) is 0 Å². The number of aromatic nitrogens is 1.